The van der Waals surface area contributed by atoms with E-state index in [0.29, 0.717) is 49.8 Å². The normalized spacial score (nSPS) is 19.6. The summed E-state index contributed by atoms with van der Waals surface area (Å²) in [6.45, 7) is 4.49. The highest BCUT2D eigenvalue weighted by atomic mass is 35.5. The molecule has 12 heteroatoms. The Hall–Kier alpha value is -3.44. The van der Waals surface area contributed by atoms with Gasteiger partial charge >= 0.3 is 0 Å². The van der Waals surface area contributed by atoms with Gasteiger partial charge in [-0.15, -0.1) is 24.8 Å². The lowest BCUT2D eigenvalue weighted by molar-refractivity contribution is 0.0535. The van der Waals surface area contributed by atoms with Crippen molar-refractivity contribution in [3.05, 3.63) is 83.4 Å². The Morgan fingerprint density at radius 1 is 0.682 bits per heavy atom. The number of carbonyl (C=O) groups excluding carboxylic acids is 2. The van der Waals surface area contributed by atoms with E-state index in [0.717, 1.165) is 43.6 Å². The van der Waals surface area contributed by atoms with Gasteiger partial charge in [0.25, 0.3) is 11.8 Å². The first-order valence-corrected chi connectivity index (χ1v) is 14.5. The van der Waals surface area contributed by atoms with Crippen LogP contribution in [0.25, 0.3) is 11.1 Å². The summed E-state index contributed by atoms with van der Waals surface area (Å²) in [6.07, 6.45) is 1.69. The quantitative estimate of drug-likeness (QED) is 0.391. The molecule has 3 aliphatic rings. The number of nitrogens with zero attached hydrogens (tertiary/aromatic N) is 2. The van der Waals surface area contributed by atoms with Gasteiger partial charge in [-0.1, -0.05) is 12.1 Å². The number of hydrogen-bond acceptors (Lipinski definition) is 6. The van der Waals surface area contributed by atoms with Gasteiger partial charge in [0.2, 0.25) is 0 Å². The molecule has 0 bridgehead atoms. The smallest absolute Gasteiger partial charge is 0.254 e. The molecule has 6 rings (SSSR count). The minimum absolute atomic E-state index is 0. The van der Waals surface area contributed by atoms with E-state index in [4.69, 9.17) is 9.47 Å². The van der Waals surface area contributed by atoms with Gasteiger partial charge in [-0.05, 0) is 74.0 Å². The molecule has 44 heavy (non-hydrogen) atoms. The SMILES string of the molecule is Cl.Cl.O=C(c1cc(F)cc(O[C@H]2CCNC2)c1)N1CCN(C(=O)c2ccc(O[C@H]3CCNC3)c(-c3ccc(F)cc3)c2)CC1. The Morgan fingerprint density at radius 2 is 1.27 bits per heavy atom. The molecule has 2 amide bonds. The van der Waals surface area contributed by atoms with Crippen LogP contribution >= 0.6 is 24.8 Å². The summed E-state index contributed by atoms with van der Waals surface area (Å²) in [5.74, 6) is -0.332. The van der Waals surface area contributed by atoms with Crippen molar-refractivity contribution in [2.45, 2.75) is 25.0 Å². The fraction of sp³-hybridized carbons (Fsp3) is 0.375. The second-order valence-corrected chi connectivity index (χ2v) is 10.9. The summed E-state index contributed by atoms with van der Waals surface area (Å²) >= 11 is 0. The van der Waals surface area contributed by atoms with Gasteiger partial charge in [0.1, 0.15) is 35.3 Å². The van der Waals surface area contributed by atoms with E-state index in [1.165, 1.54) is 24.3 Å². The van der Waals surface area contributed by atoms with Crippen molar-refractivity contribution < 1.29 is 27.8 Å². The Kier molecular flexibility index (Phi) is 11.4. The predicted octanol–water partition coefficient (Wildman–Crippen LogP) is 4.56. The number of carbonyl (C=O) groups is 2. The maximum absolute atomic E-state index is 14.4. The van der Waals surface area contributed by atoms with Crippen molar-refractivity contribution in [2.75, 3.05) is 52.4 Å². The van der Waals surface area contributed by atoms with E-state index in [9.17, 15) is 18.4 Å². The van der Waals surface area contributed by atoms with Gasteiger partial charge in [0.15, 0.2) is 0 Å². The molecule has 0 radical (unpaired) electrons. The summed E-state index contributed by atoms with van der Waals surface area (Å²) < 4.78 is 40.1. The first-order chi connectivity index (χ1) is 20.4. The van der Waals surface area contributed by atoms with Gasteiger partial charge in [0.05, 0.1) is 0 Å². The van der Waals surface area contributed by atoms with Gasteiger partial charge in [-0.3, -0.25) is 9.59 Å². The summed E-state index contributed by atoms with van der Waals surface area (Å²) in [7, 11) is 0. The molecule has 0 saturated carbocycles. The van der Waals surface area contributed by atoms with Crippen LogP contribution in [0.3, 0.4) is 0 Å². The Bertz CT molecular complexity index is 1440. The van der Waals surface area contributed by atoms with Crippen LogP contribution in [-0.2, 0) is 0 Å². The first kappa shape index (κ1) is 33.5. The second kappa shape index (κ2) is 15.0. The molecular formula is C32H36Cl2F2N4O4. The predicted molar refractivity (Wildman–Crippen MR) is 168 cm³/mol. The molecule has 3 heterocycles. The zero-order valence-corrected chi connectivity index (χ0v) is 25.7. The van der Waals surface area contributed by atoms with Gasteiger partial charge < -0.3 is 29.9 Å². The molecule has 3 saturated heterocycles. The summed E-state index contributed by atoms with van der Waals surface area (Å²) in [5.41, 5.74) is 2.19. The second-order valence-electron chi connectivity index (χ2n) is 10.9. The molecule has 236 valence electrons. The monoisotopic (exact) mass is 648 g/mol. The number of amides is 2. The third-order valence-electron chi connectivity index (χ3n) is 7.98. The van der Waals surface area contributed by atoms with Gasteiger partial charge in [-0.2, -0.15) is 0 Å². The Morgan fingerprint density at radius 3 is 1.86 bits per heavy atom. The van der Waals surface area contributed by atoms with E-state index in [-0.39, 0.29) is 60.2 Å². The van der Waals surface area contributed by atoms with E-state index < -0.39 is 5.82 Å². The molecule has 8 nitrogen and oxygen atoms in total. The lowest BCUT2D eigenvalue weighted by atomic mass is 10.0. The maximum atomic E-state index is 14.4. The molecule has 3 aromatic carbocycles. The first-order valence-electron chi connectivity index (χ1n) is 14.5. The summed E-state index contributed by atoms with van der Waals surface area (Å²) in [5, 5.41) is 6.49. The van der Waals surface area contributed by atoms with E-state index in [1.54, 1.807) is 46.2 Å². The molecule has 2 N–H and O–H groups in total. The zero-order chi connectivity index (χ0) is 29.1. The van der Waals surface area contributed by atoms with E-state index in [2.05, 4.69) is 10.6 Å². The lowest BCUT2D eigenvalue weighted by Crippen LogP contribution is -2.50. The van der Waals surface area contributed by atoms with E-state index >= 15 is 0 Å². The zero-order valence-electron chi connectivity index (χ0n) is 24.1. The highest BCUT2D eigenvalue weighted by molar-refractivity contribution is 5.97. The minimum Gasteiger partial charge on any atom is -0.489 e. The molecule has 3 aromatic rings. The van der Waals surface area contributed by atoms with E-state index in [1.807, 2.05) is 0 Å². The fourth-order valence-electron chi connectivity index (χ4n) is 5.68. The number of piperazine rings is 1. The summed E-state index contributed by atoms with van der Waals surface area (Å²) in [6, 6.07) is 15.6. The largest absolute Gasteiger partial charge is 0.489 e. The highest BCUT2D eigenvalue weighted by Crippen LogP contribution is 2.33. The van der Waals surface area contributed by atoms with Gasteiger partial charge in [-0.25, -0.2) is 8.78 Å². The van der Waals surface area contributed by atoms with Crippen LogP contribution in [0.15, 0.2) is 60.7 Å². The molecule has 0 unspecified atom stereocenters. The van der Waals surface area contributed by atoms with Crippen LogP contribution in [0, 0.1) is 11.6 Å². The minimum atomic E-state index is -0.524. The summed E-state index contributed by atoms with van der Waals surface area (Å²) in [4.78, 5) is 30.1. The molecule has 2 atom stereocenters. The molecule has 0 aliphatic carbocycles. The molecule has 3 fully saturated rings. The molecule has 3 aliphatic heterocycles. The van der Waals surface area contributed by atoms with Crippen molar-refractivity contribution in [1.29, 1.82) is 0 Å². The topological polar surface area (TPSA) is 83.1 Å². The fourth-order valence-corrected chi connectivity index (χ4v) is 5.68. The Balaban J connectivity index is 0.00000221. The van der Waals surface area contributed by atoms with Crippen molar-refractivity contribution in [1.82, 2.24) is 20.4 Å². The maximum Gasteiger partial charge on any atom is 0.254 e. The number of hydrogen-bond donors (Lipinski definition) is 2. The standard InChI is InChI=1S/C32H34F2N4O4.2ClH/c33-24-4-1-21(2-5-24)29-17-22(3-6-30(29)42-27-8-10-36-20-27)31(39)37-11-13-38(14-12-37)32(40)23-15-25(34)18-28(16-23)41-26-7-9-35-19-26;;/h1-6,15-18,26-27,35-36H,7-14,19-20H2;2*1H/t26-,27-;;/m0../s1. The Labute approximate surface area is 267 Å². The lowest BCUT2D eigenvalue weighted by Gasteiger charge is -2.35. The van der Waals surface area contributed by atoms with Gasteiger partial charge in [0, 0.05) is 62.0 Å². The van der Waals surface area contributed by atoms with Crippen molar-refractivity contribution >= 4 is 36.6 Å². The van der Waals surface area contributed by atoms with Crippen LogP contribution in [0.1, 0.15) is 33.6 Å². The van der Waals surface area contributed by atoms with Crippen molar-refractivity contribution in [2.24, 2.45) is 0 Å². The highest BCUT2D eigenvalue weighted by Gasteiger charge is 2.28. The van der Waals surface area contributed by atoms with Crippen molar-refractivity contribution in [3.63, 3.8) is 0 Å². The number of ether oxygens (including phenoxy) is 2. The van der Waals surface area contributed by atoms with Crippen LogP contribution < -0.4 is 20.1 Å². The number of benzene rings is 3. The van der Waals surface area contributed by atoms with Crippen LogP contribution in [0.2, 0.25) is 0 Å². The third-order valence-corrected chi connectivity index (χ3v) is 7.98. The van der Waals surface area contributed by atoms with Crippen LogP contribution in [0.4, 0.5) is 8.78 Å². The van der Waals surface area contributed by atoms with Crippen molar-refractivity contribution in [3.8, 4) is 22.6 Å². The number of halogens is 4. The average molecular weight is 650 g/mol. The molecule has 0 aromatic heterocycles. The average Bonchev–Trinajstić information content (AvgIpc) is 3.72. The van der Waals surface area contributed by atoms with Crippen LogP contribution in [0.5, 0.6) is 11.5 Å². The van der Waals surface area contributed by atoms with Crippen LogP contribution in [-0.4, -0.2) is 86.2 Å². The molecular weight excluding hydrogens is 613 g/mol. The third kappa shape index (κ3) is 7.79. The number of rotatable bonds is 7. The number of nitrogens with one attached hydrogen (secondary N) is 2. The molecule has 0 spiro atoms.